The fourth-order valence-corrected chi connectivity index (χ4v) is 4.33. The Kier molecular flexibility index (Phi) is 9.47. The van der Waals surface area contributed by atoms with E-state index in [0.717, 1.165) is 38.1 Å². The normalized spacial score (nSPS) is 18.2. The number of guanidine groups is 1. The topological polar surface area (TPSA) is 45.5 Å². The average molecular weight is 499 g/mol. The van der Waals surface area contributed by atoms with Crippen molar-refractivity contribution < 1.29 is 0 Å². The van der Waals surface area contributed by atoms with Gasteiger partial charge in [-0.05, 0) is 36.5 Å². The number of likely N-dealkylation sites (tertiary alicyclic amines) is 1. The number of benzene rings is 1. The summed E-state index contributed by atoms with van der Waals surface area (Å²) in [4.78, 5) is 8.26. The van der Waals surface area contributed by atoms with E-state index in [2.05, 4.69) is 57.6 Å². The van der Waals surface area contributed by atoms with Crippen LogP contribution in [-0.4, -0.2) is 53.1 Å². The second-order valence-corrected chi connectivity index (χ2v) is 8.08. The van der Waals surface area contributed by atoms with E-state index >= 15 is 0 Å². The minimum Gasteiger partial charge on any atom is -0.356 e. The molecule has 7 heteroatoms. The first-order valence-corrected chi connectivity index (χ1v) is 10.3. The Hall–Kier alpha value is -1.22. The van der Waals surface area contributed by atoms with Crippen molar-refractivity contribution in [1.82, 2.24) is 20.0 Å². The van der Waals surface area contributed by atoms with E-state index in [1.165, 1.54) is 17.1 Å². The van der Waals surface area contributed by atoms with Gasteiger partial charge in [0.25, 0.3) is 0 Å². The van der Waals surface area contributed by atoms with E-state index in [1.807, 2.05) is 42.0 Å². The Labute approximate surface area is 184 Å². The molecule has 1 N–H and O–H groups in total. The van der Waals surface area contributed by atoms with Crippen molar-refractivity contribution in [3.63, 3.8) is 0 Å². The predicted molar refractivity (Wildman–Crippen MR) is 125 cm³/mol. The first-order chi connectivity index (χ1) is 12.7. The van der Waals surface area contributed by atoms with Crippen molar-refractivity contribution in [2.45, 2.75) is 24.8 Å². The molecule has 2 heterocycles. The molecule has 2 aromatic rings. The molecule has 1 aliphatic heterocycles. The molecule has 3 rings (SSSR count). The molecule has 0 amide bonds. The summed E-state index contributed by atoms with van der Waals surface area (Å²) in [6, 6.07) is 12.7. The quantitative estimate of drug-likeness (QED) is 0.272. The average Bonchev–Trinajstić information content (AvgIpc) is 3.34. The maximum atomic E-state index is 4.49. The van der Waals surface area contributed by atoms with Crippen LogP contribution >= 0.6 is 35.7 Å². The Balaban J connectivity index is 0.00000261. The Morgan fingerprint density at radius 1 is 1.33 bits per heavy atom. The fraction of sp³-hybridized carbons (Fsp3) is 0.500. The van der Waals surface area contributed by atoms with Gasteiger partial charge in [0.05, 0.1) is 0 Å². The zero-order chi connectivity index (χ0) is 18.2. The van der Waals surface area contributed by atoms with Crippen molar-refractivity contribution in [2.24, 2.45) is 16.8 Å². The first-order valence-electron chi connectivity index (χ1n) is 9.35. The van der Waals surface area contributed by atoms with Crippen LogP contribution in [0.1, 0.15) is 13.3 Å². The molecule has 1 fully saturated rings. The van der Waals surface area contributed by atoms with Gasteiger partial charge in [-0.3, -0.25) is 9.67 Å². The van der Waals surface area contributed by atoms with Crippen molar-refractivity contribution >= 4 is 41.7 Å². The molecule has 2 atom stereocenters. The lowest BCUT2D eigenvalue weighted by atomic mass is 10.2. The van der Waals surface area contributed by atoms with Crippen LogP contribution in [0.4, 0.5) is 0 Å². The number of halogens is 1. The zero-order valence-electron chi connectivity index (χ0n) is 16.1. The lowest BCUT2D eigenvalue weighted by Gasteiger charge is -2.23. The number of hydrogen-bond donors (Lipinski definition) is 1. The smallest absolute Gasteiger partial charge is 0.193 e. The molecule has 2 unspecified atom stereocenters. The van der Waals surface area contributed by atoms with Gasteiger partial charge in [0.2, 0.25) is 0 Å². The van der Waals surface area contributed by atoms with Crippen molar-refractivity contribution in [3.05, 3.63) is 48.8 Å². The molecule has 0 spiro atoms. The second-order valence-electron chi connectivity index (χ2n) is 6.99. The largest absolute Gasteiger partial charge is 0.356 e. The fourth-order valence-electron chi connectivity index (χ4n) is 3.28. The standard InChI is InChI=1S/C20H29N5S.HI/c1-17(14-25-11-6-10-23-25)13-22-20(21-2)24-12-9-18(15-24)16-26-19-7-4-3-5-8-19;/h3-8,10-11,17-18H,9,12-16H2,1-2H3,(H,21,22);1H. The van der Waals surface area contributed by atoms with Gasteiger partial charge in [-0.1, -0.05) is 25.1 Å². The lowest BCUT2D eigenvalue weighted by Crippen LogP contribution is -2.42. The summed E-state index contributed by atoms with van der Waals surface area (Å²) in [6.45, 7) is 6.26. The van der Waals surface area contributed by atoms with Crippen LogP contribution in [0, 0.1) is 11.8 Å². The van der Waals surface area contributed by atoms with Gasteiger partial charge < -0.3 is 10.2 Å². The second kappa shape index (κ2) is 11.6. The zero-order valence-corrected chi connectivity index (χ0v) is 19.3. The predicted octanol–water partition coefficient (Wildman–Crippen LogP) is 3.83. The van der Waals surface area contributed by atoms with Gasteiger partial charge in [-0.25, -0.2) is 0 Å². The van der Waals surface area contributed by atoms with Crippen LogP contribution in [0.5, 0.6) is 0 Å². The summed E-state index contributed by atoms with van der Waals surface area (Å²) in [5, 5.41) is 7.83. The van der Waals surface area contributed by atoms with E-state index in [-0.39, 0.29) is 24.0 Å². The van der Waals surface area contributed by atoms with E-state index in [9.17, 15) is 0 Å². The van der Waals surface area contributed by atoms with Crippen LogP contribution in [0.2, 0.25) is 0 Å². The Morgan fingerprint density at radius 2 is 2.15 bits per heavy atom. The van der Waals surface area contributed by atoms with Gasteiger partial charge in [0.1, 0.15) is 0 Å². The van der Waals surface area contributed by atoms with Crippen LogP contribution in [0.3, 0.4) is 0 Å². The number of nitrogens with zero attached hydrogens (tertiary/aromatic N) is 4. The molecule has 0 radical (unpaired) electrons. The highest BCUT2D eigenvalue weighted by molar-refractivity contribution is 14.0. The van der Waals surface area contributed by atoms with E-state index < -0.39 is 0 Å². The number of aromatic nitrogens is 2. The number of rotatable bonds is 7. The molecular weight excluding hydrogens is 469 g/mol. The summed E-state index contributed by atoms with van der Waals surface area (Å²) < 4.78 is 1.99. The van der Waals surface area contributed by atoms with Crippen LogP contribution in [0.15, 0.2) is 58.7 Å². The third-order valence-corrected chi connectivity index (χ3v) is 5.94. The summed E-state index contributed by atoms with van der Waals surface area (Å²) in [5.74, 6) is 3.43. The van der Waals surface area contributed by atoms with Crippen molar-refractivity contribution in [3.8, 4) is 0 Å². The van der Waals surface area contributed by atoms with Crippen LogP contribution < -0.4 is 5.32 Å². The SMILES string of the molecule is CN=C(NCC(C)Cn1cccn1)N1CCC(CSc2ccccc2)C1.I. The van der Waals surface area contributed by atoms with E-state index in [1.54, 1.807) is 0 Å². The van der Waals surface area contributed by atoms with E-state index in [0.29, 0.717) is 5.92 Å². The summed E-state index contributed by atoms with van der Waals surface area (Å²) in [6.07, 6.45) is 5.08. The minimum atomic E-state index is 0. The van der Waals surface area contributed by atoms with Gasteiger partial charge in [-0.2, -0.15) is 5.10 Å². The van der Waals surface area contributed by atoms with Crippen molar-refractivity contribution in [2.75, 3.05) is 32.4 Å². The van der Waals surface area contributed by atoms with Crippen molar-refractivity contribution in [1.29, 1.82) is 0 Å². The highest BCUT2D eigenvalue weighted by atomic mass is 127. The van der Waals surface area contributed by atoms with Crippen LogP contribution in [-0.2, 0) is 6.54 Å². The lowest BCUT2D eigenvalue weighted by molar-refractivity contribution is 0.423. The molecule has 1 aromatic heterocycles. The minimum absolute atomic E-state index is 0. The van der Waals surface area contributed by atoms with Gasteiger partial charge >= 0.3 is 0 Å². The monoisotopic (exact) mass is 499 g/mol. The number of aliphatic imine (C=N–C) groups is 1. The maximum Gasteiger partial charge on any atom is 0.193 e. The highest BCUT2D eigenvalue weighted by Crippen LogP contribution is 2.25. The van der Waals surface area contributed by atoms with Gasteiger partial charge in [-0.15, -0.1) is 35.7 Å². The van der Waals surface area contributed by atoms with Gasteiger partial charge in [0, 0.05) is 56.3 Å². The van der Waals surface area contributed by atoms with Crippen LogP contribution in [0.25, 0.3) is 0 Å². The van der Waals surface area contributed by atoms with E-state index in [4.69, 9.17) is 0 Å². The molecule has 0 aliphatic carbocycles. The third kappa shape index (κ3) is 7.03. The Morgan fingerprint density at radius 3 is 2.85 bits per heavy atom. The number of thioether (sulfide) groups is 1. The summed E-state index contributed by atoms with van der Waals surface area (Å²) >= 11 is 1.96. The van der Waals surface area contributed by atoms with Gasteiger partial charge in [0.15, 0.2) is 5.96 Å². The molecule has 0 saturated carbocycles. The molecule has 148 valence electrons. The Bertz CT molecular complexity index is 677. The molecular formula is C20H30IN5S. The highest BCUT2D eigenvalue weighted by Gasteiger charge is 2.25. The first kappa shape index (κ1) is 22.1. The summed E-state index contributed by atoms with van der Waals surface area (Å²) in [5.41, 5.74) is 0. The molecule has 1 aromatic carbocycles. The number of nitrogens with one attached hydrogen (secondary N) is 1. The molecule has 5 nitrogen and oxygen atoms in total. The maximum absolute atomic E-state index is 4.49. The molecule has 27 heavy (non-hydrogen) atoms. The molecule has 0 bridgehead atoms. The summed E-state index contributed by atoms with van der Waals surface area (Å²) in [7, 11) is 1.88. The molecule has 1 saturated heterocycles. The molecule has 1 aliphatic rings. The third-order valence-electron chi connectivity index (χ3n) is 4.69. The number of hydrogen-bond acceptors (Lipinski definition) is 3.